The van der Waals surface area contributed by atoms with Gasteiger partial charge in [0.25, 0.3) is 0 Å². The molecule has 0 saturated heterocycles. The average molecular weight is 747 g/mol. The third-order valence-corrected chi connectivity index (χ3v) is 11.1. The van der Waals surface area contributed by atoms with Crippen molar-refractivity contribution in [2.75, 3.05) is 0 Å². The van der Waals surface area contributed by atoms with Crippen molar-refractivity contribution in [3.8, 4) is 78.1 Å². The standard InChI is InChI=1S/C56H46N2/c1-37(2)31-44-17-11-21-55-48(44)28-29-54(58-55)42-24-22-41(23-25-42)49-18-12-19-51(56(49)47-33-38(3)32-39(4)34-47)50-27-26-46(53-20-8-9-30-57-53)36-52(50)45-16-10-15-43(35-45)40-13-6-5-7-14-40/h5-30,32-37H,31H2,1-4H3. The molecule has 2 heteroatoms. The van der Waals surface area contributed by atoms with Crippen molar-refractivity contribution < 1.29 is 0 Å². The van der Waals surface area contributed by atoms with Gasteiger partial charge in [-0.2, -0.15) is 0 Å². The Morgan fingerprint density at radius 2 is 1.10 bits per heavy atom. The summed E-state index contributed by atoms with van der Waals surface area (Å²) >= 11 is 0. The quantitative estimate of drug-likeness (QED) is 0.147. The maximum absolute atomic E-state index is 5.14. The van der Waals surface area contributed by atoms with Crippen molar-refractivity contribution in [3.63, 3.8) is 0 Å². The lowest BCUT2D eigenvalue weighted by molar-refractivity contribution is 0.650. The number of rotatable bonds is 9. The molecule has 2 heterocycles. The fraction of sp³-hybridized carbons (Fsp3) is 0.107. The van der Waals surface area contributed by atoms with E-state index in [-0.39, 0.29) is 0 Å². The summed E-state index contributed by atoms with van der Waals surface area (Å²) in [5.41, 5.74) is 20.9. The van der Waals surface area contributed by atoms with E-state index in [9.17, 15) is 0 Å². The first-order valence-corrected chi connectivity index (χ1v) is 20.3. The van der Waals surface area contributed by atoms with Crippen LogP contribution in [-0.2, 0) is 6.42 Å². The minimum absolute atomic E-state index is 0.591. The van der Waals surface area contributed by atoms with Crippen molar-refractivity contribution in [2.45, 2.75) is 34.1 Å². The lowest BCUT2D eigenvalue weighted by Crippen LogP contribution is -1.96. The molecule has 280 valence electrons. The molecular formula is C56H46N2. The van der Waals surface area contributed by atoms with Crippen LogP contribution in [0, 0.1) is 19.8 Å². The van der Waals surface area contributed by atoms with Gasteiger partial charge in [0.15, 0.2) is 0 Å². The lowest BCUT2D eigenvalue weighted by Gasteiger charge is -2.20. The average Bonchev–Trinajstić information content (AvgIpc) is 3.26. The van der Waals surface area contributed by atoms with Gasteiger partial charge in [-0.05, 0) is 124 Å². The van der Waals surface area contributed by atoms with Crippen molar-refractivity contribution in [1.82, 2.24) is 9.97 Å². The molecule has 2 nitrogen and oxygen atoms in total. The van der Waals surface area contributed by atoms with E-state index in [4.69, 9.17) is 9.97 Å². The molecule has 0 saturated carbocycles. The van der Waals surface area contributed by atoms with E-state index < -0.39 is 0 Å². The first-order chi connectivity index (χ1) is 28.4. The molecule has 0 aliphatic heterocycles. The van der Waals surface area contributed by atoms with Gasteiger partial charge in [-0.1, -0.05) is 171 Å². The lowest BCUT2D eigenvalue weighted by atomic mass is 9.83. The molecule has 0 amide bonds. The van der Waals surface area contributed by atoms with Gasteiger partial charge in [0.05, 0.1) is 16.9 Å². The smallest absolute Gasteiger partial charge is 0.0712 e. The highest BCUT2D eigenvalue weighted by molar-refractivity contribution is 6.00. The summed E-state index contributed by atoms with van der Waals surface area (Å²) in [5.74, 6) is 0.591. The van der Waals surface area contributed by atoms with Crippen molar-refractivity contribution >= 4 is 10.9 Å². The zero-order valence-electron chi connectivity index (χ0n) is 33.6. The van der Waals surface area contributed by atoms with Crippen LogP contribution in [0.1, 0.15) is 30.5 Å². The normalized spacial score (nSPS) is 11.3. The summed E-state index contributed by atoms with van der Waals surface area (Å²) in [6, 6.07) is 66.1. The Morgan fingerprint density at radius 3 is 1.88 bits per heavy atom. The molecule has 58 heavy (non-hydrogen) atoms. The molecule has 2 aromatic heterocycles. The molecule has 9 aromatic rings. The Bertz CT molecular complexity index is 2870. The molecule has 0 fully saturated rings. The molecule has 0 atom stereocenters. The van der Waals surface area contributed by atoms with Gasteiger partial charge < -0.3 is 0 Å². The van der Waals surface area contributed by atoms with E-state index in [0.717, 1.165) is 51.1 Å². The van der Waals surface area contributed by atoms with Gasteiger partial charge in [-0.25, -0.2) is 4.98 Å². The summed E-state index contributed by atoms with van der Waals surface area (Å²) in [6.45, 7) is 8.93. The number of benzene rings is 7. The van der Waals surface area contributed by atoms with Gasteiger partial charge in [0.1, 0.15) is 0 Å². The highest BCUT2D eigenvalue weighted by Gasteiger charge is 2.19. The third kappa shape index (κ3) is 7.50. The predicted molar refractivity (Wildman–Crippen MR) is 246 cm³/mol. The van der Waals surface area contributed by atoms with E-state index in [1.54, 1.807) is 0 Å². The van der Waals surface area contributed by atoms with Gasteiger partial charge in [-0.15, -0.1) is 0 Å². The van der Waals surface area contributed by atoms with Crippen LogP contribution >= 0.6 is 0 Å². The van der Waals surface area contributed by atoms with Gasteiger partial charge >= 0.3 is 0 Å². The molecule has 0 bridgehead atoms. The summed E-state index contributed by atoms with van der Waals surface area (Å²) in [6.07, 6.45) is 2.91. The zero-order valence-corrected chi connectivity index (χ0v) is 33.6. The second kappa shape index (κ2) is 15.9. The number of fused-ring (bicyclic) bond motifs is 1. The Morgan fingerprint density at radius 1 is 0.414 bits per heavy atom. The maximum Gasteiger partial charge on any atom is 0.0712 e. The first kappa shape index (κ1) is 36.7. The molecule has 0 radical (unpaired) electrons. The molecule has 0 aliphatic rings. The predicted octanol–water partition coefficient (Wildman–Crippen LogP) is 15.1. The summed E-state index contributed by atoms with van der Waals surface area (Å²) in [5, 5.41) is 1.24. The fourth-order valence-corrected chi connectivity index (χ4v) is 8.47. The number of pyridine rings is 2. The van der Waals surface area contributed by atoms with E-state index in [2.05, 4.69) is 204 Å². The highest BCUT2D eigenvalue weighted by Crippen LogP contribution is 2.45. The van der Waals surface area contributed by atoms with E-state index in [1.807, 2.05) is 12.3 Å². The number of nitrogens with zero attached hydrogens (tertiary/aromatic N) is 2. The molecule has 0 aliphatic carbocycles. The monoisotopic (exact) mass is 746 g/mol. The Balaban J connectivity index is 1.20. The molecule has 0 unspecified atom stereocenters. The number of hydrogen-bond acceptors (Lipinski definition) is 2. The van der Waals surface area contributed by atoms with E-state index in [1.165, 1.54) is 61.0 Å². The minimum Gasteiger partial charge on any atom is -0.256 e. The van der Waals surface area contributed by atoms with Crippen LogP contribution in [0.15, 0.2) is 188 Å². The molecule has 9 rings (SSSR count). The Labute approximate surface area is 342 Å². The van der Waals surface area contributed by atoms with Crippen LogP contribution < -0.4 is 0 Å². The summed E-state index contributed by atoms with van der Waals surface area (Å²) < 4.78 is 0. The van der Waals surface area contributed by atoms with E-state index in [0.29, 0.717) is 5.92 Å². The van der Waals surface area contributed by atoms with Gasteiger partial charge in [0, 0.05) is 22.7 Å². The summed E-state index contributed by atoms with van der Waals surface area (Å²) in [4.78, 5) is 9.89. The van der Waals surface area contributed by atoms with E-state index >= 15 is 0 Å². The topological polar surface area (TPSA) is 25.8 Å². The van der Waals surface area contributed by atoms with Crippen LogP contribution in [0.4, 0.5) is 0 Å². The molecule has 0 N–H and O–H groups in total. The van der Waals surface area contributed by atoms with Crippen molar-refractivity contribution in [1.29, 1.82) is 0 Å². The van der Waals surface area contributed by atoms with Gasteiger partial charge in [0.2, 0.25) is 0 Å². The Hall–Kier alpha value is -6.90. The summed E-state index contributed by atoms with van der Waals surface area (Å²) in [7, 11) is 0. The Kier molecular flexibility index (Phi) is 10.1. The maximum atomic E-state index is 5.14. The van der Waals surface area contributed by atoms with Crippen LogP contribution in [0.5, 0.6) is 0 Å². The van der Waals surface area contributed by atoms with Crippen LogP contribution in [-0.4, -0.2) is 9.97 Å². The fourth-order valence-electron chi connectivity index (χ4n) is 8.47. The molecule has 0 spiro atoms. The molecule has 7 aromatic carbocycles. The van der Waals surface area contributed by atoms with Crippen LogP contribution in [0.3, 0.4) is 0 Å². The number of hydrogen-bond donors (Lipinski definition) is 0. The van der Waals surface area contributed by atoms with Gasteiger partial charge in [-0.3, -0.25) is 4.98 Å². The van der Waals surface area contributed by atoms with Crippen LogP contribution in [0.2, 0.25) is 0 Å². The number of aryl methyl sites for hydroxylation is 2. The zero-order chi connectivity index (χ0) is 39.6. The first-order valence-electron chi connectivity index (χ1n) is 20.3. The minimum atomic E-state index is 0.591. The van der Waals surface area contributed by atoms with Crippen LogP contribution in [0.25, 0.3) is 89.1 Å². The molecular weight excluding hydrogens is 701 g/mol. The van der Waals surface area contributed by atoms with Crippen molar-refractivity contribution in [2.24, 2.45) is 5.92 Å². The highest BCUT2D eigenvalue weighted by atomic mass is 14.7. The third-order valence-electron chi connectivity index (χ3n) is 11.1. The second-order valence-electron chi connectivity index (χ2n) is 15.9. The number of aromatic nitrogens is 2. The largest absolute Gasteiger partial charge is 0.256 e. The second-order valence-corrected chi connectivity index (χ2v) is 15.9. The SMILES string of the molecule is Cc1cc(C)cc(-c2c(-c3ccc(-c4ccc5c(CC(C)C)cccc5n4)cc3)cccc2-c2ccc(-c3ccccn3)cc2-c2cccc(-c3ccccc3)c2)c1. The van der Waals surface area contributed by atoms with Crippen molar-refractivity contribution in [3.05, 3.63) is 205 Å².